The van der Waals surface area contributed by atoms with Crippen molar-refractivity contribution in [3.05, 3.63) is 42.5 Å². The van der Waals surface area contributed by atoms with Crippen LogP contribution in [-0.4, -0.2) is 39.1 Å². The van der Waals surface area contributed by atoms with Gasteiger partial charge in [0.1, 0.15) is 17.4 Å². The minimum absolute atomic E-state index is 0.309. The van der Waals surface area contributed by atoms with E-state index in [1.54, 1.807) is 6.20 Å². The lowest BCUT2D eigenvalue weighted by molar-refractivity contribution is 0.0134. The molecule has 136 valence electrons. The number of aromatic amines is 1. The Kier molecular flexibility index (Phi) is 4.43. The molecule has 1 aliphatic heterocycles. The molecule has 4 heterocycles. The number of nitriles is 2. The molecule has 0 bridgehead atoms. The highest BCUT2D eigenvalue weighted by atomic mass is 15.3. The Balaban J connectivity index is 1.72. The summed E-state index contributed by atoms with van der Waals surface area (Å²) < 4.78 is 2.03. The van der Waals surface area contributed by atoms with Crippen molar-refractivity contribution in [2.75, 3.05) is 19.6 Å². The molecule has 4 rings (SSSR count). The zero-order valence-corrected chi connectivity index (χ0v) is 15.4. The summed E-state index contributed by atoms with van der Waals surface area (Å²) in [4.78, 5) is 9.85. The molecule has 6 nitrogen and oxygen atoms in total. The van der Waals surface area contributed by atoms with Crippen molar-refractivity contribution in [3.8, 4) is 23.3 Å². The lowest BCUT2D eigenvalue weighted by atomic mass is 9.85. The third-order valence-corrected chi connectivity index (χ3v) is 5.49. The molecule has 0 unspecified atom stereocenters. The first-order chi connectivity index (χ1) is 13.2. The second-order valence-electron chi connectivity index (χ2n) is 7.32. The van der Waals surface area contributed by atoms with Crippen molar-refractivity contribution < 1.29 is 0 Å². The molecule has 0 spiro atoms. The minimum atomic E-state index is -0.309. The zero-order valence-electron chi connectivity index (χ0n) is 15.4. The van der Waals surface area contributed by atoms with Crippen molar-refractivity contribution in [1.82, 2.24) is 19.4 Å². The van der Waals surface area contributed by atoms with Gasteiger partial charge in [0.2, 0.25) is 0 Å². The molecule has 0 aliphatic carbocycles. The molecule has 0 radical (unpaired) electrons. The summed E-state index contributed by atoms with van der Waals surface area (Å²) in [5.41, 5.74) is 3.17. The van der Waals surface area contributed by atoms with E-state index >= 15 is 0 Å². The number of hydrogen-bond donors (Lipinski definition) is 1. The number of fused-ring (bicyclic) bond motifs is 1. The number of nitrogens with zero attached hydrogens (tertiary/aromatic N) is 5. The Labute approximate surface area is 158 Å². The second-order valence-corrected chi connectivity index (χ2v) is 7.32. The van der Waals surface area contributed by atoms with E-state index in [9.17, 15) is 10.5 Å². The fourth-order valence-corrected chi connectivity index (χ4v) is 4.12. The largest absolute Gasteiger partial charge is 0.346 e. The van der Waals surface area contributed by atoms with Gasteiger partial charge in [0.05, 0.1) is 18.0 Å². The average molecular weight is 358 g/mol. The monoisotopic (exact) mass is 358 g/mol. The standard InChI is InChI=1S/C21H22N6/c1-2-3-10-26-14-21(15-26,6-7-22)27-13-16(11-17(27)12-23)18-4-8-24-20-19(18)5-9-25-20/h4-5,8-9,11,13H,2-3,6,10,14-15H2,1H3,(H,24,25). The predicted octanol–water partition coefficient (Wildman–Crippen LogP) is 3.63. The number of H-pyrrole nitrogens is 1. The summed E-state index contributed by atoms with van der Waals surface area (Å²) >= 11 is 0. The molecule has 0 amide bonds. The van der Waals surface area contributed by atoms with E-state index in [0.29, 0.717) is 12.1 Å². The van der Waals surface area contributed by atoms with Crippen molar-refractivity contribution in [3.63, 3.8) is 0 Å². The van der Waals surface area contributed by atoms with Crippen LogP contribution in [0.15, 0.2) is 36.8 Å². The van der Waals surface area contributed by atoms with Crippen LogP contribution in [0.5, 0.6) is 0 Å². The summed E-state index contributed by atoms with van der Waals surface area (Å²) in [7, 11) is 0. The highest BCUT2D eigenvalue weighted by Gasteiger charge is 2.45. The molecule has 3 aromatic rings. The molecule has 6 heteroatoms. The van der Waals surface area contributed by atoms with Gasteiger partial charge in [-0.3, -0.25) is 4.90 Å². The molecule has 0 saturated carbocycles. The Morgan fingerprint density at radius 1 is 1.30 bits per heavy atom. The van der Waals surface area contributed by atoms with Crippen molar-refractivity contribution in [1.29, 1.82) is 10.5 Å². The van der Waals surface area contributed by atoms with Crippen LogP contribution in [0.4, 0.5) is 0 Å². The van der Waals surface area contributed by atoms with Crippen LogP contribution in [0.3, 0.4) is 0 Å². The lowest BCUT2D eigenvalue weighted by Crippen LogP contribution is -2.62. The van der Waals surface area contributed by atoms with Gasteiger partial charge in [-0.1, -0.05) is 13.3 Å². The molecular formula is C21H22N6. The molecular weight excluding hydrogens is 336 g/mol. The van der Waals surface area contributed by atoms with Crippen LogP contribution >= 0.6 is 0 Å². The van der Waals surface area contributed by atoms with Crippen molar-refractivity contribution in [2.45, 2.75) is 31.7 Å². The molecule has 27 heavy (non-hydrogen) atoms. The smallest absolute Gasteiger partial charge is 0.137 e. The van der Waals surface area contributed by atoms with Crippen LogP contribution in [0.25, 0.3) is 22.2 Å². The van der Waals surface area contributed by atoms with E-state index in [1.807, 2.05) is 35.2 Å². The number of hydrogen-bond acceptors (Lipinski definition) is 4. The first kappa shape index (κ1) is 17.3. The molecule has 1 N–H and O–H groups in total. The maximum Gasteiger partial charge on any atom is 0.137 e. The van der Waals surface area contributed by atoms with E-state index in [2.05, 4.69) is 33.9 Å². The van der Waals surface area contributed by atoms with Gasteiger partial charge in [-0.2, -0.15) is 10.5 Å². The summed E-state index contributed by atoms with van der Waals surface area (Å²) in [6.07, 6.45) is 8.42. The number of rotatable bonds is 6. The number of unbranched alkanes of at least 4 members (excludes halogenated alkanes) is 1. The third kappa shape index (κ3) is 2.89. The van der Waals surface area contributed by atoms with Gasteiger partial charge in [-0.15, -0.1) is 0 Å². The van der Waals surface area contributed by atoms with E-state index in [4.69, 9.17) is 0 Å². The number of nitrogens with one attached hydrogen (secondary N) is 1. The highest BCUT2D eigenvalue weighted by Crippen LogP contribution is 2.37. The number of likely N-dealkylation sites (tertiary alicyclic amines) is 1. The molecule has 1 aliphatic rings. The summed E-state index contributed by atoms with van der Waals surface area (Å²) in [6, 6.07) is 10.6. The fourth-order valence-electron chi connectivity index (χ4n) is 4.12. The van der Waals surface area contributed by atoms with Gasteiger partial charge < -0.3 is 9.55 Å². The zero-order chi connectivity index (χ0) is 18.9. The SMILES string of the molecule is CCCCN1CC(CC#N)(n2cc(-c3ccnc4[nH]ccc34)cc2C#N)C1. The first-order valence-corrected chi connectivity index (χ1v) is 9.35. The van der Waals surface area contributed by atoms with Crippen LogP contribution in [-0.2, 0) is 5.54 Å². The van der Waals surface area contributed by atoms with Gasteiger partial charge in [0, 0.05) is 42.6 Å². The van der Waals surface area contributed by atoms with Gasteiger partial charge >= 0.3 is 0 Å². The molecule has 1 fully saturated rings. The summed E-state index contributed by atoms with van der Waals surface area (Å²) in [5, 5.41) is 20.2. The van der Waals surface area contributed by atoms with Gasteiger partial charge in [0.15, 0.2) is 0 Å². The lowest BCUT2D eigenvalue weighted by Gasteiger charge is -2.50. The van der Waals surface area contributed by atoms with E-state index in [-0.39, 0.29) is 5.54 Å². The number of aromatic nitrogens is 3. The maximum absolute atomic E-state index is 9.72. The first-order valence-electron chi connectivity index (χ1n) is 9.35. The molecule has 1 saturated heterocycles. The fraction of sp³-hybridized carbons (Fsp3) is 0.381. The van der Waals surface area contributed by atoms with E-state index < -0.39 is 0 Å². The van der Waals surface area contributed by atoms with Crippen molar-refractivity contribution in [2.24, 2.45) is 0 Å². The van der Waals surface area contributed by atoms with E-state index in [0.717, 1.165) is 54.6 Å². The van der Waals surface area contributed by atoms with Crippen LogP contribution in [0.2, 0.25) is 0 Å². The quantitative estimate of drug-likeness (QED) is 0.729. The van der Waals surface area contributed by atoms with Gasteiger partial charge in [-0.05, 0) is 36.7 Å². The predicted molar refractivity (Wildman–Crippen MR) is 104 cm³/mol. The maximum atomic E-state index is 9.72. The minimum Gasteiger partial charge on any atom is -0.346 e. The highest BCUT2D eigenvalue weighted by molar-refractivity contribution is 5.93. The topological polar surface area (TPSA) is 84.4 Å². The molecule has 3 aromatic heterocycles. The van der Waals surface area contributed by atoms with E-state index in [1.165, 1.54) is 0 Å². The van der Waals surface area contributed by atoms with Gasteiger partial charge in [0.25, 0.3) is 0 Å². The summed E-state index contributed by atoms with van der Waals surface area (Å²) in [5.74, 6) is 0. The normalized spacial score (nSPS) is 16.0. The van der Waals surface area contributed by atoms with Crippen LogP contribution in [0, 0.1) is 22.7 Å². The Morgan fingerprint density at radius 2 is 2.15 bits per heavy atom. The molecule has 0 aromatic carbocycles. The molecule has 0 atom stereocenters. The van der Waals surface area contributed by atoms with Crippen LogP contribution < -0.4 is 0 Å². The van der Waals surface area contributed by atoms with Crippen LogP contribution in [0.1, 0.15) is 31.9 Å². The van der Waals surface area contributed by atoms with Gasteiger partial charge in [-0.25, -0.2) is 4.98 Å². The Bertz CT molecular complexity index is 1040. The average Bonchev–Trinajstić information content (AvgIpc) is 3.29. The number of pyridine rings is 1. The second kappa shape index (κ2) is 6.90. The summed E-state index contributed by atoms with van der Waals surface area (Å²) in [6.45, 7) is 4.87. The Morgan fingerprint density at radius 3 is 2.89 bits per heavy atom. The van der Waals surface area contributed by atoms with Crippen molar-refractivity contribution >= 4 is 11.0 Å². The Hall–Kier alpha value is -3.09. The third-order valence-electron chi connectivity index (χ3n) is 5.49.